The summed E-state index contributed by atoms with van der Waals surface area (Å²) in [4.78, 5) is 17.1. The van der Waals surface area contributed by atoms with Crippen LogP contribution in [0.1, 0.15) is 38.8 Å². The number of sulfonamides is 1. The van der Waals surface area contributed by atoms with Crippen LogP contribution in [0.4, 0.5) is 19.0 Å². The minimum absolute atomic E-state index is 0.0554. The molecule has 0 N–H and O–H groups in total. The van der Waals surface area contributed by atoms with E-state index >= 15 is 0 Å². The molecule has 2 aromatic carbocycles. The van der Waals surface area contributed by atoms with Gasteiger partial charge in [0.25, 0.3) is 10.0 Å². The fourth-order valence-electron chi connectivity index (χ4n) is 3.40. The lowest BCUT2D eigenvalue weighted by Gasteiger charge is -2.22. The largest absolute Gasteiger partial charge is 0.465 e. The van der Waals surface area contributed by atoms with E-state index in [4.69, 9.17) is 4.74 Å². The number of nitrogens with zero attached hydrogens (tertiary/aromatic N) is 2. The molecule has 0 aliphatic rings. The Kier molecular flexibility index (Phi) is 7.09. The molecule has 0 radical (unpaired) electrons. The van der Waals surface area contributed by atoms with Gasteiger partial charge in [-0.25, -0.2) is 22.5 Å². The Morgan fingerprint density at radius 3 is 2.26 bits per heavy atom. The Hall–Kier alpha value is -2.92. The zero-order valence-corrected chi connectivity index (χ0v) is 20.8. The third-order valence-electron chi connectivity index (χ3n) is 5.39. The van der Waals surface area contributed by atoms with E-state index in [1.54, 1.807) is 27.7 Å². The molecule has 0 unspecified atom stereocenters. The lowest BCUT2D eigenvalue weighted by Crippen LogP contribution is -2.32. The van der Waals surface area contributed by atoms with Crippen LogP contribution in [0.2, 0.25) is 0 Å². The van der Waals surface area contributed by atoms with Crippen molar-refractivity contribution in [2.75, 3.05) is 18.0 Å². The van der Waals surface area contributed by atoms with Crippen LogP contribution >= 0.6 is 11.3 Å². The zero-order chi connectivity index (χ0) is 25.4. The highest BCUT2D eigenvalue weighted by atomic mass is 32.2. The Bertz CT molecular complexity index is 1330. The van der Waals surface area contributed by atoms with Gasteiger partial charge in [0, 0.05) is 17.0 Å². The van der Waals surface area contributed by atoms with Gasteiger partial charge in [0.2, 0.25) is 0 Å². The highest BCUT2D eigenvalue weighted by Crippen LogP contribution is 2.37. The zero-order valence-electron chi connectivity index (χ0n) is 19.1. The lowest BCUT2D eigenvalue weighted by molar-refractivity contribution is -0.137. The molecule has 1 heterocycles. The molecule has 3 rings (SSSR count). The van der Waals surface area contributed by atoms with Gasteiger partial charge in [0.05, 0.1) is 23.1 Å². The van der Waals surface area contributed by atoms with Crippen LogP contribution in [0, 0.1) is 20.8 Å². The molecule has 0 saturated heterocycles. The van der Waals surface area contributed by atoms with Gasteiger partial charge in [0.15, 0.2) is 5.82 Å². The first-order valence-corrected chi connectivity index (χ1v) is 12.4. The maximum Gasteiger partial charge on any atom is 0.416 e. The molecule has 34 heavy (non-hydrogen) atoms. The van der Waals surface area contributed by atoms with Crippen molar-refractivity contribution < 1.29 is 31.1 Å². The number of carbonyl (C=O) groups excluding carboxylic acids is 1. The second-order valence-corrected chi connectivity index (χ2v) is 10.6. The normalized spacial score (nSPS) is 12.0. The molecule has 0 aliphatic carbocycles. The summed E-state index contributed by atoms with van der Waals surface area (Å²) in [5, 5.41) is 0.394. The number of ether oxygens (including phenoxy) is 1. The number of anilines is 1. The third-order valence-corrected chi connectivity index (χ3v) is 8.24. The molecule has 0 spiro atoms. The molecular weight excluding hydrogens is 489 g/mol. The molecule has 0 fully saturated rings. The number of alkyl halides is 3. The second-order valence-electron chi connectivity index (χ2n) is 7.55. The lowest BCUT2D eigenvalue weighted by atomic mass is 10.0. The third kappa shape index (κ3) is 4.80. The van der Waals surface area contributed by atoms with Crippen LogP contribution in [-0.4, -0.2) is 33.0 Å². The quantitative estimate of drug-likeness (QED) is 0.393. The molecule has 6 nitrogen and oxygen atoms in total. The number of thiazole rings is 1. The van der Waals surface area contributed by atoms with Gasteiger partial charge >= 0.3 is 12.1 Å². The van der Waals surface area contributed by atoms with Crippen molar-refractivity contribution in [1.29, 1.82) is 0 Å². The molecule has 1 aromatic heterocycles. The number of hydrogen-bond acceptors (Lipinski definition) is 6. The van der Waals surface area contributed by atoms with Gasteiger partial charge in [-0.05, 0) is 63.1 Å². The predicted octanol–water partition coefficient (Wildman–Crippen LogP) is 5.76. The number of methoxy groups -OCH3 is 1. The summed E-state index contributed by atoms with van der Waals surface area (Å²) in [6, 6.07) is 7.30. The van der Waals surface area contributed by atoms with Crippen molar-refractivity contribution in [3.63, 3.8) is 0 Å². The van der Waals surface area contributed by atoms with E-state index in [-0.39, 0.29) is 22.8 Å². The van der Waals surface area contributed by atoms with Gasteiger partial charge in [-0.2, -0.15) is 13.2 Å². The van der Waals surface area contributed by atoms with Crippen LogP contribution in [0.5, 0.6) is 0 Å². The maximum atomic E-state index is 13.6. The standard InChI is InChI=1S/C23H23F3N2O4S2/c1-6-28(34(30,31)18-11-13(2)14(3)19(12-18)22(29)32-5)20-15(4)33-21(27-20)16-7-9-17(10-8-16)23(24,25)26/h7-12H,6H2,1-5H3. The Morgan fingerprint density at radius 2 is 1.74 bits per heavy atom. The number of halogens is 3. The number of esters is 1. The highest BCUT2D eigenvalue weighted by molar-refractivity contribution is 7.92. The van der Waals surface area contributed by atoms with Crippen LogP contribution in [0.15, 0.2) is 41.3 Å². The Labute approximate surface area is 200 Å². The molecule has 3 aromatic rings. The minimum Gasteiger partial charge on any atom is -0.465 e. The van der Waals surface area contributed by atoms with Crippen molar-refractivity contribution in [3.8, 4) is 10.6 Å². The second kappa shape index (κ2) is 9.38. The van der Waals surface area contributed by atoms with Crippen molar-refractivity contribution in [1.82, 2.24) is 4.98 Å². The van der Waals surface area contributed by atoms with Crippen LogP contribution < -0.4 is 4.31 Å². The van der Waals surface area contributed by atoms with Gasteiger partial charge < -0.3 is 4.74 Å². The van der Waals surface area contributed by atoms with Crippen molar-refractivity contribution in [2.24, 2.45) is 0 Å². The predicted molar refractivity (Wildman–Crippen MR) is 125 cm³/mol. The van der Waals surface area contributed by atoms with Gasteiger partial charge in [-0.15, -0.1) is 11.3 Å². The van der Waals surface area contributed by atoms with Crippen molar-refractivity contribution in [3.05, 3.63) is 63.5 Å². The van der Waals surface area contributed by atoms with E-state index in [9.17, 15) is 26.4 Å². The molecule has 182 valence electrons. The van der Waals surface area contributed by atoms with Crippen LogP contribution in [-0.2, 0) is 20.9 Å². The SMILES string of the molecule is CCN(c1nc(-c2ccc(C(F)(F)F)cc2)sc1C)S(=O)(=O)c1cc(C)c(C)c(C(=O)OC)c1. The molecular formula is C23H23F3N2O4S2. The Morgan fingerprint density at radius 1 is 1.12 bits per heavy atom. The average Bonchev–Trinajstić information content (AvgIpc) is 3.15. The van der Waals surface area contributed by atoms with E-state index in [0.29, 0.717) is 26.6 Å². The summed E-state index contributed by atoms with van der Waals surface area (Å²) in [5.41, 5.74) is 1.04. The van der Waals surface area contributed by atoms with E-state index in [1.165, 1.54) is 42.7 Å². The summed E-state index contributed by atoms with van der Waals surface area (Å²) in [6.45, 7) is 6.81. The number of aromatic nitrogens is 1. The number of benzene rings is 2. The van der Waals surface area contributed by atoms with E-state index in [2.05, 4.69) is 4.98 Å². The number of aryl methyl sites for hydroxylation is 2. The van der Waals surface area contributed by atoms with Crippen molar-refractivity contribution in [2.45, 2.75) is 38.8 Å². The summed E-state index contributed by atoms with van der Waals surface area (Å²) in [5.74, 6) is -0.463. The fourth-order valence-corrected chi connectivity index (χ4v) is 5.98. The van der Waals surface area contributed by atoms with E-state index in [1.807, 2.05) is 0 Å². The molecule has 0 amide bonds. The van der Waals surface area contributed by atoms with Crippen LogP contribution in [0.25, 0.3) is 10.6 Å². The maximum absolute atomic E-state index is 13.6. The topological polar surface area (TPSA) is 76.6 Å². The highest BCUT2D eigenvalue weighted by Gasteiger charge is 2.31. The fraction of sp³-hybridized carbons (Fsp3) is 0.304. The smallest absolute Gasteiger partial charge is 0.416 e. The molecule has 0 bridgehead atoms. The first-order chi connectivity index (χ1) is 15.8. The van der Waals surface area contributed by atoms with Gasteiger partial charge in [0.1, 0.15) is 5.01 Å². The molecule has 0 saturated carbocycles. The van der Waals surface area contributed by atoms with Gasteiger partial charge in [-0.3, -0.25) is 0 Å². The van der Waals surface area contributed by atoms with E-state index in [0.717, 1.165) is 16.4 Å². The van der Waals surface area contributed by atoms with E-state index < -0.39 is 27.7 Å². The number of rotatable bonds is 6. The van der Waals surface area contributed by atoms with Gasteiger partial charge in [-0.1, -0.05) is 12.1 Å². The minimum atomic E-state index is -4.45. The first-order valence-electron chi connectivity index (χ1n) is 10.2. The molecule has 0 aliphatic heterocycles. The summed E-state index contributed by atoms with van der Waals surface area (Å²) < 4.78 is 71.6. The van der Waals surface area contributed by atoms with Crippen molar-refractivity contribution >= 4 is 33.1 Å². The molecule has 11 heteroatoms. The summed E-state index contributed by atoms with van der Waals surface area (Å²) in [6.07, 6.45) is -4.45. The number of carbonyl (C=O) groups is 1. The summed E-state index contributed by atoms with van der Waals surface area (Å²) in [7, 11) is -2.88. The summed E-state index contributed by atoms with van der Waals surface area (Å²) >= 11 is 1.18. The number of hydrogen-bond donors (Lipinski definition) is 0. The first kappa shape index (κ1) is 25.7. The van der Waals surface area contributed by atoms with Crippen LogP contribution in [0.3, 0.4) is 0 Å². The monoisotopic (exact) mass is 512 g/mol. The Balaban J connectivity index is 2.05. The average molecular weight is 513 g/mol. The molecule has 0 atom stereocenters.